The van der Waals surface area contributed by atoms with Crippen LogP contribution in [-0.4, -0.2) is 65.1 Å². The zero-order valence-corrected chi connectivity index (χ0v) is 18.9. The minimum Gasteiger partial charge on any atom is -0.497 e. The summed E-state index contributed by atoms with van der Waals surface area (Å²) in [7, 11) is 1.64. The number of nitrogens with zero attached hydrogens (tertiary/aromatic N) is 5. The van der Waals surface area contributed by atoms with Crippen LogP contribution in [0.2, 0.25) is 0 Å². The monoisotopic (exact) mass is 445 g/mol. The van der Waals surface area contributed by atoms with E-state index in [2.05, 4.69) is 39.0 Å². The van der Waals surface area contributed by atoms with Gasteiger partial charge in [0.15, 0.2) is 11.5 Å². The predicted molar refractivity (Wildman–Crippen MR) is 127 cm³/mol. The topological polar surface area (TPSA) is 72.2 Å². The second kappa shape index (κ2) is 9.07. The lowest BCUT2D eigenvalue weighted by atomic mass is 10.2. The van der Waals surface area contributed by atoms with E-state index >= 15 is 0 Å². The van der Waals surface area contributed by atoms with Crippen LogP contribution in [0.5, 0.6) is 5.75 Å². The Morgan fingerprint density at radius 1 is 1.06 bits per heavy atom. The lowest BCUT2D eigenvalue weighted by molar-refractivity contribution is 0.0522. The molecule has 0 radical (unpaired) electrons. The number of hydrogen-bond donors (Lipinski definition) is 0. The number of carbonyl (C=O) groups is 1. The SMILES string of the molecule is CCOC(=O)c1ncn2c1c(N1CCN(Cc3ccccc3)CC1)nc1cc(OC)ccc12. The van der Waals surface area contributed by atoms with Crippen molar-refractivity contribution in [3.05, 3.63) is 66.1 Å². The van der Waals surface area contributed by atoms with Gasteiger partial charge in [-0.1, -0.05) is 30.3 Å². The number of rotatable bonds is 6. The first-order valence-electron chi connectivity index (χ1n) is 11.2. The molecule has 2 aromatic heterocycles. The second-order valence-corrected chi connectivity index (χ2v) is 8.07. The van der Waals surface area contributed by atoms with Crippen molar-refractivity contribution in [1.29, 1.82) is 0 Å². The third-order valence-electron chi connectivity index (χ3n) is 6.04. The summed E-state index contributed by atoms with van der Waals surface area (Å²) in [5.41, 5.74) is 3.94. The Hall–Kier alpha value is -3.65. The average molecular weight is 446 g/mol. The van der Waals surface area contributed by atoms with Crippen LogP contribution in [-0.2, 0) is 11.3 Å². The first-order chi connectivity index (χ1) is 16.2. The van der Waals surface area contributed by atoms with Gasteiger partial charge in [0.05, 0.1) is 24.8 Å². The molecule has 170 valence electrons. The summed E-state index contributed by atoms with van der Waals surface area (Å²) >= 11 is 0. The maximum Gasteiger partial charge on any atom is 0.359 e. The van der Waals surface area contributed by atoms with E-state index in [1.807, 2.05) is 28.7 Å². The highest BCUT2D eigenvalue weighted by atomic mass is 16.5. The quantitative estimate of drug-likeness (QED) is 0.421. The lowest BCUT2D eigenvalue weighted by Crippen LogP contribution is -2.46. The minimum absolute atomic E-state index is 0.295. The number of hydrogen-bond acceptors (Lipinski definition) is 7. The molecule has 33 heavy (non-hydrogen) atoms. The molecule has 1 fully saturated rings. The van der Waals surface area contributed by atoms with E-state index in [1.54, 1.807) is 20.4 Å². The van der Waals surface area contributed by atoms with Gasteiger partial charge in [-0.05, 0) is 24.6 Å². The van der Waals surface area contributed by atoms with Crippen LogP contribution < -0.4 is 9.64 Å². The first-order valence-corrected chi connectivity index (χ1v) is 11.2. The lowest BCUT2D eigenvalue weighted by Gasteiger charge is -2.35. The molecule has 1 aliphatic heterocycles. The fourth-order valence-corrected chi connectivity index (χ4v) is 4.36. The molecule has 0 atom stereocenters. The van der Waals surface area contributed by atoms with Gasteiger partial charge in [0.2, 0.25) is 0 Å². The van der Waals surface area contributed by atoms with E-state index in [9.17, 15) is 4.79 Å². The third-order valence-corrected chi connectivity index (χ3v) is 6.04. The third kappa shape index (κ3) is 4.09. The minimum atomic E-state index is -0.432. The second-order valence-electron chi connectivity index (χ2n) is 8.07. The molecule has 0 aliphatic carbocycles. The van der Waals surface area contributed by atoms with Crippen LogP contribution in [0.3, 0.4) is 0 Å². The molecule has 1 saturated heterocycles. The maximum atomic E-state index is 12.7. The molecule has 8 nitrogen and oxygen atoms in total. The summed E-state index contributed by atoms with van der Waals surface area (Å²) in [6, 6.07) is 16.2. The molecule has 1 aliphatic rings. The first kappa shape index (κ1) is 21.2. The number of anilines is 1. The van der Waals surface area contributed by atoms with Crippen molar-refractivity contribution >= 4 is 28.3 Å². The molecule has 0 N–H and O–H groups in total. The zero-order chi connectivity index (χ0) is 22.8. The molecule has 0 spiro atoms. The van der Waals surface area contributed by atoms with Gasteiger partial charge in [0.25, 0.3) is 0 Å². The maximum absolute atomic E-state index is 12.7. The van der Waals surface area contributed by atoms with E-state index in [-0.39, 0.29) is 0 Å². The Morgan fingerprint density at radius 3 is 2.58 bits per heavy atom. The predicted octanol–water partition coefficient (Wildman–Crippen LogP) is 3.39. The Kier molecular flexibility index (Phi) is 5.83. The number of esters is 1. The Labute approximate surface area is 192 Å². The highest BCUT2D eigenvalue weighted by Gasteiger charge is 2.26. The summed E-state index contributed by atoms with van der Waals surface area (Å²) in [6.07, 6.45) is 1.67. The fourth-order valence-electron chi connectivity index (χ4n) is 4.36. The standard InChI is InChI=1S/C25H27N5O3/c1-3-33-25(31)22-23-24(27-20-15-19(32-2)9-10-21(20)30(23)17-26-22)29-13-11-28(12-14-29)16-18-7-5-4-6-8-18/h4-10,15,17H,3,11-14,16H2,1-2H3. The van der Waals surface area contributed by atoms with Crippen molar-refractivity contribution < 1.29 is 14.3 Å². The van der Waals surface area contributed by atoms with Gasteiger partial charge >= 0.3 is 5.97 Å². The summed E-state index contributed by atoms with van der Waals surface area (Å²) < 4.78 is 12.6. The average Bonchev–Trinajstić information content (AvgIpc) is 3.30. The molecule has 0 saturated carbocycles. The highest BCUT2D eigenvalue weighted by molar-refractivity contribution is 6.00. The van der Waals surface area contributed by atoms with E-state index in [0.717, 1.165) is 55.3 Å². The summed E-state index contributed by atoms with van der Waals surface area (Å²) in [5, 5.41) is 0. The number of imidazole rings is 1. The molecule has 0 bridgehead atoms. The molecular formula is C25H27N5O3. The largest absolute Gasteiger partial charge is 0.497 e. The van der Waals surface area contributed by atoms with Crippen molar-refractivity contribution in [3.8, 4) is 5.75 Å². The van der Waals surface area contributed by atoms with Gasteiger partial charge in [-0.2, -0.15) is 0 Å². The van der Waals surface area contributed by atoms with E-state index in [1.165, 1.54) is 5.56 Å². The van der Waals surface area contributed by atoms with Crippen LogP contribution in [0.1, 0.15) is 23.0 Å². The van der Waals surface area contributed by atoms with Crippen LogP contribution in [0.25, 0.3) is 16.6 Å². The number of methoxy groups -OCH3 is 1. The van der Waals surface area contributed by atoms with Crippen molar-refractivity contribution in [3.63, 3.8) is 0 Å². The molecule has 3 heterocycles. The summed E-state index contributed by atoms with van der Waals surface area (Å²) in [4.78, 5) is 26.7. The van der Waals surface area contributed by atoms with Gasteiger partial charge in [-0.15, -0.1) is 0 Å². The molecule has 5 rings (SSSR count). The molecule has 4 aromatic rings. The van der Waals surface area contributed by atoms with Gasteiger partial charge in [-0.3, -0.25) is 9.30 Å². The van der Waals surface area contributed by atoms with Crippen LogP contribution in [0.4, 0.5) is 5.82 Å². The molecule has 0 unspecified atom stereocenters. The zero-order valence-electron chi connectivity index (χ0n) is 18.9. The van der Waals surface area contributed by atoms with Gasteiger partial charge in [0.1, 0.15) is 17.6 Å². The molecule has 0 amide bonds. The van der Waals surface area contributed by atoms with Gasteiger partial charge in [0, 0.05) is 38.8 Å². The summed E-state index contributed by atoms with van der Waals surface area (Å²) in [5.74, 6) is 1.05. The van der Waals surface area contributed by atoms with Crippen LogP contribution in [0, 0.1) is 0 Å². The smallest absolute Gasteiger partial charge is 0.359 e. The molecule has 8 heteroatoms. The van der Waals surface area contributed by atoms with Crippen molar-refractivity contribution in [2.45, 2.75) is 13.5 Å². The van der Waals surface area contributed by atoms with E-state index < -0.39 is 5.97 Å². The fraction of sp³-hybridized carbons (Fsp3) is 0.320. The number of aromatic nitrogens is 3. The molecular weight excluding hydrogens is 418 g/mol. The van der Waals surface area contributed by atoms with Crippen molar-refractivity contribution in [1.82, 2.24) is 19.3 Å². The number of fused-ring (bicyclic) bond motifs is 3. The van der Waals surface area contributed by atoms with Crippen molar-refractivity contribution in [2.24, 2.45) is 0 Å². The Morgan fingerprint density at radius 2 is 1.85 bits per heavy atom. The van der Waals surface area contributed by atoms with E-state index in [0.29, 0.717) is 17.8 Å². The van der Waals surface area contributed by atoms with Crippen molar-refractivity contribution in [2.75, 3.05) is 44.8 Å². The number of carbonyl (C=O) groups excluding carboxylic acids is 1. The normalized spacial score (nSPS) is 14.7. The van der Waals surface area contributed by atoms with Gasteiger partial charge in [-0.25, -0.2) is 14.8 Å². The molecule has 2 aromatic carbocycles. The number of ether oxygens (including phenoxy) is 2. The number of piperazine rings is 1. The van der Waals surface area contributed by atoms with Crippen LogP contribution in [0.15, 0.2) is 54.9 Å². The van der Waals surface area contributed by atoms with Crippen LogP contribution >= 0.6 is 0 Å². The summed E-state index contributed by atoms with van der Waals surface area (Å²) in [6.45, 7) is 6.43. The van der Waals surface area contributed by atoms with E-state index in [4.69, 9.17) is 14.5 Å². The van der Waals surface area contributed by atoms with Gasteiger partial charge < -0.3 is 14.4 Å². The highest BCUT2D eigenvalue weighted by Crippen LogP contribution is 2.30. The Balaban J connectivity index is 1.51. The number of benzene rings is 2. The Bertz CT molecular complexity index is 1280.